The molecule has 1 aromatic heterocycles. The molecule has 6 nitrogen and oxygen atoms in total. The second kappa shape index (κ2) is 8.44. The minimum atomic E-state index is -1.03. The maximum absolute atomic E-state index is 12.1. The van der Waals surface area contributed by atoms with Crippen molar-refractivity contribution in [3.05, 3.63) is 45.9 Å². The highest BCUT2D eigenvalue weighted by molar-refractivity contribution is 7.09. The summed E-state index contributed by atoms with van der Waals surface area (Å²) < 4.78 is 5.11. The summed E-state index contributed by atoms with van der Waals surface area (Å²) in [6.45, 7) is 2.32. The minimum absolute atomic E-state index is 0.0270. The number of ether oxygens (including phenoxy) is 1. The van der Waals surface area contributed by atoms with Crippen LogP contribution in [0, 0.1) is 5.92 Å². The van der Waals surface area contributed by atoms with Crippen molar-refractivity contribution in [2.45, 2.75) is 19.8 Å². The molecule has 0 fully saturated rings. The Labute approximate surface area is 144 Å². The molecule has 0 saturated carbocycles. The lowest BCUT2D eigenvalue weighted by atomic mass is 10.0. The summed E-state index contributed by atoms with van der Waals surface area (Å²) in [5.74, 6) is -0.417. The van der Waals surface area contributed by atoms with E-state index in [1.165, 1.54) is 16.7 Å². The number of nitrogens with zero attached hydrogens (tertiary/aromatic N) is 1. The first-order valence-electron chi connectivity index (χ1n) is 7.58. The number of hydrogen-bond donors (Lipinski definition) is 2. The largest absolute Gasteiger partial charge is 0.497 e. The SMILES string of the molecule is COc1ccc(CC(C)C(=O)NCCc2nc(C(=O)O)cs2)cc1. The van der Waals surface area contributed by atoms with Crippen LogP contribution >= 0.6 is 11.3 Å². The molecule has 2 aromatic rings. The van der Waals surface area contributed by atoms with Crippen LogP contribution in [0.15, 0.2) is 29.6 Å². The number of hydrogen-bond acceptors (Lipinski definition) is 5. The Morgan fingerprint density at radius 3 is 2.62 bits per heavy atom. The lowest BCUT2D eigenvalue weighted by molar-refractivity contribution is -0.124. The molecule has 0 bridgehead atoms. The van der Waals surface area contributed by atoms with Crippen molar-refractivity contribution in [2.75, 3.05) is 13.7 Å². The molecule has 1 aromatic carbocycles. The first-order chi connectivity index (χ1) is 11.5. The summed E-state index contributed by atoms with van der Waals surface area (Å²) in [4.78, 5) is 26.9. The molecule has 1 unspecified atom stereocenters. The van der Waals surface area contributed by atoms with Gasteiger partial charge in [0.05, 0.1) is 12.1 Å². The van der Waals surface area contributed by atoms with Gasteiger partial charge in [-0.3, -0.25) is 4.79 Å². The van der Waals surface area contributed by atoms with Crippen LogP contribution in [0.1, 0.15) is 28.0 Å². The van der Waals surface area contributed by atoms with Crippen molar-refractivity contribution >= 4 is 23.2 Å². The Kier molecular flexibility index (Phi) is 6.31. The van der Waals surface area contributed by atoms with Crippen molar-refractivity contribution in [3.63, 3.8) is 0 Å². The maximum atomic E-state index is 12.1. The van der Waals surface area contributed by atoms with E-state index in [0.717, 1.165) is 11.3 Å². The van der Waals surface area contributed by atoms with Gasteiger partial charge in [-0.15, -0.1) is 11.3 Å². The van der Waals surface area contributed by atoms with Crippen molar-refractivity contribution in [3.8, 4) is 5.75 Å². The molecule has 0 saturated heterocycles. The van der Waals surface area contributed by atoms with E-state index in [9.17, 15) is 9.59 Å². The molecule has 1 amide bonds. The summed E-state index contributed by atoms with van der Waals surface area (Å²) >= 11 is 1.29. The fraction of sp³-hybridized carbons (Fsp3) is 0.353. The summed E-state index contributed by atoms with van der Waals surface area (Å²) in [6.07, 6.45) is 1.18. The third kappa shape index (κ3) is 5.06. The number of rotatable bonds is 8. The first kappa shape index (κ1) is 17.9. The number of aromatic nitrogens is 1. The van der Waals surface area contributed by atoms with Gasteiger partial charge in [0.2, 0.25) is 5.91 Å². The average Bonchev–Trinajstić information content (AvgIpc) is 3.04. The summed E-state index contributed by atoms with van der Waals surface area (Å²) in [6, 6.07) is 7.65. The molecule has 1 heterocycles. The number of thiazole rings is 1. The molecule has 0 spiro atoms. The predicted octanol–water partition coefficient (Wildman–Crippen LogP) is 2.39. The van der Waals surface area contributed by atoms with E-state index in [4.69, 9.17) is 9.84 Å². The van der Waals surface area contributed by atoms with Gasteiger partial charge in [-0.25, -0.2) is 9.78 Å². The molecule has 128 valence electrons. The lowest BCUT2D eigenvalue weighted by Gasteiger charge is -2.12. The van der Waals surface area contributed by atoms with Crippen LogP contribution in [0.3, 0.4) is 0 Å². The number of carbonyl (C=O) groups excluding carboxylic acids is 1. The number of aromatic carboxylic acids is 1. The first-order valence-corrected chi connectivity index (χ1v) is 8.46. The van der Waals surface area contributed by atoms with E-state index < -0.39 is 5.97 Å². The van der Waals surface area contributed by atoms with E-state index in [0.29, 0.717) is 24.4 Å². The Morgan fingerprint density at radius 2 is 2.04 bits per heavy atom. The van der Waals surface area contributed by atoms with Crippen LogP contribution in [0.4, 0.5) is 0 Å². The van der Waals surface area contributed by atoms with Gasteiger partial charge in [-0.1, -0.05) is 19.1 Å². The van der Waals surface area contributed by atoms with Crippen LogP contribution in [-0.4, -0.2) is 35.6 Å². The lowest BCUT2D eigenvalue weighted by Crippen LogP contribution is -2.31. The summed E-state index contributed by atoms with van der Waals surface area (Å²) in [5.41, 5.74) is 1.12. The van der Waals surface area contributed by atoms with Crippen molar-refractivity contribution < 1.29 is 19.4 Å². The highest BCUT2D eigenvalue weighted by Gasteiger charge is 2.14. The van der Waals surface area contributed by atoms with Gasteiger partial charge in [0, 0.05) is 24.3 Å². The molecule has 7 heteroatoms. The number of benzene rings is 1. The molecular formula is C17H20N2O4S. The highest BCUT2D eigenvalue weighted by atomic mass is 32.1. The van der Waals surface area contributed by atoms with Crippen LogP contribution < -0.4 is 10.1 Å². The zero-order valence-corrected chi connectivity index (χ0v) is 14.4. The monoisotopic (exact) mass is 348 g/mol. The molecule has 0 aliphatic heterocycles. The number of amides is 1. The van der Waals surface area contributed by atoms with Crippen LogP contribution in [0.5, 0.6) is 5.75 Å². The Morgan fingerprint density at radius 1 is 1.33 bits per heavy atom. The van der Waals surface area contributed by atoms with Gasteiger partial charge in [-0.05, 0) is 24.1 Å². The summed E-state index contributed by atoms with van der Waals surface area (Å²) in [7, 11) is 1.62. The number of nitrogens with one attached hydrogen (secondary N) is 1. The van der Waals surface area contributed by atoms with E-state index in [-0.39, 0.29) is 17.5 Å². The number of carbonyl (C=O) groups is 2. The number of carboxylic acids is 1. The van der Waals surface area contributed by atoms with Gasteiger partial charge in [-0.2, -0.15) is 0 Å². The average molecular weight is 348 g/mol. The predicted molar refractivity (Wildman–Crippen MR) is 91.6 cm³/mol. The van der Waals surface area contributed by atoms with Crippen LogP contribution in [0.2, 0.25) is 0 Å². The Bertz CT molecular complexity index is 697. The van der Waals surface area contributed by atoms with Crippen LogP contribution in [-0.2, 0) is 17.6 Å². The third-order valence-electron chi connectivity index (χ3n) is 3.56. The van der Waals surface area contributed by atoms with Gasteiger partial charge < -0.3 is 15.2 Å². The quantitative estimate of drug-likeness (QED) is 0.765. The standard InChI is InChI=1S/C17H20N2O4S/c1-11(9-12-3-5-13(23-2)6-4-12)16(20)18-8-7-15-19-14(10-24-15)17(21)22/h3-6,10-11H,7-9H2,1-2H3,(H,18,20)(H,21,22). The molecular weight excluding hydrogens is 328 g/mol. The smallest absolute Gasteiger partial charge is 0.355 e. The zero-order valence-electron chi connectivity index (χ0n) is 13.6. The molecule has 0 aliphatic carbocycles. The minimum Gasteiger partial charge on any atom is -0.497 e. The second-order valence-corrected chi connectivity index (χ2v) is 6.37. The molecule has 0 radical (unpaired) electrons. The van der Waals surface area contributed by atoms with Gasteiger partial charge in [0.15, 0.2) is 5.69 Å². The van der Waals surface area contributed by atoms with Gasteiger partial charge in [0.1, 0.15) is 5.75 Å². The topological polar surface area (TPSA) is 88.5 Å². The third-order valence-corrected chi connectivity index (χ3v) is 4.47. The zero-order chi connectivity index (χ0) is 17.5. The molecule has 0 aliphatic rings. The molecule has 1 atom stereocenters. The Hall–Kier alpha value is -2.41. The number of methoxy groups -OCH3 is 1. The number of carboxylic acid groups (broad SMARTS) is 1. The Balaban J connectivity index is 1.77. The highest BCUT2D eigenvalue weighted by Crippen LogP contribution is 2.15. The summed E-state index contributed by atoms with van der Waals surface area (Å²) in [5, 5.41) is 13.9. The molecule has 24 heavy (non-hydrogen) atoms. The van der Waals surface area contributed by atoms with E-state index in [1.54, 1.807) is 7.11 Å². The molecule has 2 N–H and O–H groups in total. The van der Waals surface area contributed by atoms with Crippen molar-refractivity contribution in [1.82, 2.24) is 10.3 Å². The van der Waals surface area contributed by atoms with Crippen LogP contribution in [0.25, 0.3) is 0 Å². The normalized spacial score (nSPS) is 11.8. The fourth-order valence-corrected chi connectivity index (χ4v) is 2.97. The van der Waals surface area contributed by atoms with E-state index >= 15 is 0 Å². The fourth-order valence-electron chi connectivity index (χ4n) is 2.20. The second-order valence-electron chi connectivity index (χ2n) is 5.43. The van der Waals surface area contributed by atoms with Gasteiger partial charge >= 0.3 is 5.97 Å². The van der Waals surface area contributed by atoms with E-state index in [1.807, 2.05) is 31.2 Å². The molecule has 2 rings (SSSR count). The van der Waals surface area contributed by atoms with Crippen molar-refractivity contribution in [2.24, 2.45) is 5.92 Å². The van der Waals surface area contributed by atoms with Gasteiger partial charge in [0.25, 0.3) is 0 Å². The maximum Gasteiger partial charge on any atom is 0.355 e. The van der Waals surface area contributed by atoms with Crippen molar-refractivity contribution in [1.29, 1.82) is 0 Å². The van der Waals surface area contributed by atoms with E-state index in [2.05, 4.69) is 10.3 Å².